The minimum Gasteiger partial charge on any atom is -0.497 e. The van der Waals surface area contributed by atoms with Gasteiger partial charge in [-0.15, -0.1) is 24.9 Å². The Balaban J connectivity index is 1.55. The summed E-state index contributed by atoms with van der Waals surface area (Å²) >= 11 is 1.66. The first-order valence-corrected chi connectivity index (χ1v) is 17.0. The Hall–Kier alpha value is -3.76. The van der Waals surface area contributed by atoms with E-state index in [9.17, 15) is 19.5 Å². The van der Waals surface area contributed by atoms with Crippen molar-refractivity contribution in [1.82, 2.24) is 4.90 Å². The van der Waals surface area contributed by atoms with Gasteiger partial charge in [-0.25, -0.2) is 0 Å². The summed E-state index contributed by atoms with van der Waals surface area (Å²) in [6.07, 6.45) is 5.17. The summed E-state index contributed by atoms with van der Waals surface area (Å²) in [6, 6.07) is 13.9. The average molecular weight is 648 g/mol. The van der Waals surface area contributed by atoms with Crippen molar-refractivity contribution in [2.45, 2.75) is 49.1 Å². The van der Waals surface area contributed by atoms with Gasteiger partial charge in [0.1, 0.15) is 17.5 Å². The minimum atomic E-state index is -0.775. The van der Waals surface area contributed by atoms with E-state index in [1.807, 2.05) is 43.3 Å². The first-order chi connectivity index (χ1) is 22.3. The Morgan fingerprint density at radius 1 is 1.00 bits per heavy atom. The molecule has 0 saturated carbocycles. The Kier molecular flexibility index (Phi) is 10.5. The third kappa shape index (κ3) is 5.81. The molecule has 1 N–H and O–H groups in total. The van der Waals surface area contributed by atoms with E-state index in [-0.39, 0.29) is 48.6 Å². The van der Waals surface area contributed by atoms with Gasteiger partial charge in [-0.1, -0.05) is 19.1 Å². The van der Waals surface area contributed by atoms with Crippen LogP contribution in [0.1, 0.15) is 33.1 Å². The summed E-state index contributed by atoms with van der Waals surface area (Å²) in [4.78, 5) is 49.1. The predicted molar refractivity (Wildman–Crippen MR) is 182 cm³/mol. The highest BCUT2D eigenvalue weighted by atomic mass is 32.2. The summed E-state index contributed by atoms with van der Waals surface area (Å²) < 4.78 is 10.2. The first-order valence-electron chi connectivity index (χ1n) is 16.1. The number of hydrogen-bond donors (Lipinski definition) is 1. The van der Waals surface area contributed by atoms with E-state index in [0.29, 0.717) is 48.9 Å². The lowest BCUT2D eigenvalue weighted by molar-refractivity contribution is -0.139. The molecule has 3 amide bonds. The Labute approximate surface area is 276 Å². The second-order valence-electron chi connectivity index (χ2n) is 12.1. The van der Waals surface area contributed by atoms with Gasteiger partial charge in [-0.05, 0) is 80.6 Å². The second-order valence-corrected chi connectivity index (χ2v) is 13.7. The number of carbonyl (C=O) groups is 3. The molecular weight excluding hydrogens is 602 g/mol. The molecule has 6 atom stereocenters. The zero-order valence-corrected chi connectivity index (χ0v) is 27.8. The van der Waals surface area contributed by atoms with Crippen LogP contribution >= 0.6 is 11.8 Å². The molecule has 0 aliphatic carbocycles. The number of ether oxygens (including phenoxy) is 2. The van der Waals surface area contributed by atoms with Gasteiger partial charge in [0.05, 0.1) is 30.3 Å². The van der Waals surface area contributed by atoms with Crippen LogP contribution in [0.4, 0.5) is 11.4 Å². The predicted octanol–water partition coefficient (Wildman–Crippen LogP) is 4.94. The van der Waals surface area contributed by atoms with Crippen molar-refractivity contribution >= 4 is 40.9 Å². The molecule has 3 heterocycles. The smallest absolute Gasteiger partial charge is 0.251 e. The third-order valence-electron chi connectivity index (χ3n) is 9.57. The summed E-state index contributed by atoms with van der Waals surface area (Å²) in [6.45, 7) is 13.3. The van der Waals surface area contributed by atoms with Crippen molar-refractivity contribution in [3.8, 4) is 11.5 Å². The molecule has 9 nitrogen and oxygen atoms in total. The van der Waals surface area contributed by atoms with Gasteiger partial charge < -0.3 is 29.3 Å². The van der Waals surface area contributed by atoms with Crippen molar-refractivity contribution in [2.75, 3.05) is 49.8 Å². The van der Waals surface area contributed by atoms with Gasteiger partial charge in [-0.3, -0.25) is 14.4 Å². The molecule has 2 bridgehead atoms. The maximum absolute atomic E-state index is 14.8. The number of aliphatic hydroxyl groups is 1. The molecule has 0 aromatic heterocycles. The van der Waals surface area contributed by atoms with E-state index in [4.69, 9.17) is 9.47 Å². The molecule has 3 fully saturated rings. The fourth-order valence-corrected chi connectivity index (χ4v) is 10.0. The van der Waals surface area contributed by atoms with Crippen LogP contribution in [0, 0.1) is 17.8 Å². The highest BCUT2D eigenvalue weighted by Gasteiger charge is 2.76. The third-order valence-corrected chi connectivity index (χ3v) is 11.6. The molecule has 2 aromatic carbocycles. The van der Waals surface area contributed by atoms with Crippen LogP contribution in [0.25, 0.3) is 0 Å². The minimum absolute atomic E-state index is 0.00338. The molecule has 0 radical (unpaired) electrons. The summed E-state index contributed by atoms with van der Waals surface area (Å²) in [5.74, 6) is -0.307. The zero-order valence-electron chi connectivity index (χ0n) is 27.0. The number of benzene rings is 2. The number of likely N-dealkylation sites (tertiary alicyclic amines) is 1. The molecule has 46 heavy (non-hydrogen) atoms. The summed E-state index contributed by atoms with van der Waals surface area (Å²) in [5.41, 5.74) is 1.39. The van der Waals surface area contributed by atoms with Crippen molar-refractivity contribution < 1.29 is 29.0 Å². The van der Waals surface area contributed by atoms with Crippen LogP contribution in [0.3, 0.4) is 0 Å². The molecule has 3 aliphatic rings. The number of rotatable bonds is 15. The van der Waals surface area contributed by atoms with Crippen LogP contribution in [0.15, 0.2) is 73.8 Å². The lowest BCUT2D eigenvalue weighted by atomic mass is 9.65. The Morgan fingerprint density at radius 2 is 1.59 bits per heavy atom. The number of unbranched alkanes of at least 4 members (excludes halogenated alkanes) is 1. The van der Waals surface area contributed by atoms with Crippen molar-refractivity contribution in [2.24, 2.45) is 17.8 Å². The normalized spacial score (nSPS) is 26.0. The monoisotopic (exact) mass is 647 g/mol. The van der Waals surface area contributed by atoms with E-state index in [1.165, 1.54) is 0 Å². The lowest BCUT2D eigenvalue weighted by Crippen LogP contribution is -2.57. The maximum atomic E-state index is 14.8. The summed E-state index contributed by atoms with van der Waals surface area (Å²) in [5, 5.41) is 9.45. The topological polar surface area (TPSA) is 99.6 Å². The number of fused-ring (bicyclic) bond motifs is 1. The van der Waals surface area contributed by atoms with E-state index in [2.05, 4.69) is 20.1 Å². The van der Waals surface area contributed by atoms with Crippen molar-refractivity contribution in [3.05, 3.63) is 73.8 Å². The average Bonchev–Trinajstić information content (AvgIpc) is 3.66. The molecule has 10 heteroatoms. The van der Waals surface area contributed by atoms with Gasteiger partial charge >= 0.3 is 0 Å². The number of aliphatic hydroxyl groups excluding tert-OH is 1. The van der Waals surface area contributed by atoms with Crippen molar-refractivity contribution in [1.29, 1.82) is 0 Å². The van der Waals surface area contributed by atoms with E-state index >= 15 is 0 Å². The Bertz CT molecular complexity index is 1430. The van der Waals surface area contributed by atoms with Gasteiger partial charge in [0, 0.05) is 42.9 Å². The first kappa shape index (κ1) is 33.6. The number of anilines is 2. The highest BCUT2D eigenvalue weighted by Crippen LogP contribution is 2.69. The van der Waals surface area contributed by atoms with Crippen LogP contribution in [0.2, 0.25) is 0 Å². The quantitative estimate of drug-likeness (QED) is 0.216. The second kappa shape index (κ2) is 14.3. The van der Waals surface area contributed by atoms with Gasteiger partial charge in [0.2, 0.25) is 11.8 Å². The van der Waals surface area contributed by atoms with E-state index in [0.717, 1.165) is 6.42 Å². The fraction of sp³-hybridized carbons (Fsp3) is 0.472. The molecular formula is C36H45N3O6S. The Morgan fingerprint density at radius 3 is 2.13 bits per heavy atom. The lowest BCUT2D eigenvalue weighted by Gasteiger charge is -2.41. The van der Waals surface area contributed by atoms with E-state index < -0.39 is 22.6 Å². The van der Waals surface area contributed by atoms with Crippen LogP contribution in [0.5, 0.6) is 11.5 Å². The van der Waals surface area contributed by atoms with E-state index in [1.54, 1.807) is 57.9 Å². The van der Waals surface area contributed by atoms with Crippen LogP contribution < -0.4 is 19.3 Å². The zero-order chi connectivity index (χ0) is 33.0. The van der Waals surface area contributed by atoms with Gasteiger partial charge in [-0.2, -0.15) is 0 Å². The number of thioether (sulfide) groups is 1. The molecule has 1 spiro atoms. The van der Waals surface area contributed by atoms with Crippen molar-refractivity contribution in [3.63, 3.8) is 0 Å². The SMILES string of the molecule is C=CCN(C(=O)C1N(CCCCO)C(=O)[C@@H]2[C@H](C(=O)N(CC=C)c3ccc(OCC)cc3)[C@@H]3CC(C)C12S3)c1ccc(OC)cc1. The molecule has 3 aliphatic heterocycles. The standard InChI is InChI=1S/C36H45N3O6S/c1-6-19-37(25-13-17-28(18-14-25)45-8-3)33(41)30-29-23-24(4)36(46-29)31(30)34(42)39(21-9-10-22-40)32(36)35(43)38(20-7-2)26-11-15-27(44-5)16-12-26/h6-7,11-18,24,29-32,40H,1-2,8-10,19-23H2,3-5H3/t24?,29-,30+,31-,32?,36?/m0/s1. The summed E-state index contributed by atoms with van der Waals surface area (Å²) in [7, 11) is 1.59. The number of amides is 3. The van der Waals surface area contributed by atoms with Crippen LogP contribution in [-0.2, 0) is 14.4 Å². The number of methoxy groups -OCH3 is 1. The number of carbonyl (C=O) groups excluding carboxylic acids is 3. The van der Waals surface area contributed by atoms with Crippen LogP contribution in [-0.4, -0.2) is 83.7 Å². The largest absolute Gasteiger partial charge is 0.497 e. The van der Waals surface area contributed by atoms with Gasteiger partial charge in [0.25, 0.3) is 5.91 Å². The molecule has 3 saturated heterocycles. The molecule has 3 unspecified atom stereocenters. The fourth-order valence-electron chi connectivity index (χ4n) is 7.60. The number of hydrogen-bond acceptors (Lipinski definition) is 7. The molecule has 5 rings (SSSR count). The van der Waals surface area contributed by atoms with Gasteiger partial charge in [0.15, 0.2) is 0 Å². The molecule has 2 aromatic rings. The molecule has 246 valence electrons. The number of nitrogens with zero attached hydrogens (tertiary/aromatic N) is 3. The highest BCUT2D eigenvalue weighted by molar-refractivity contribution is 8.02. The maximum Gasteiger partial charge on any atom is 0.251 e.